The molecule has 0 aliphatic rings. The topological polar surface area (TPSA) is 21.3 Å². The summed E-state index contributed by atoms with van der Waals surface area (Å²) < 4.78 is 6.06. The lowest BCUT2D eigenvalue weighted by Gasteiger charge is -2.13. The largest absolute Gasteiger partial charge is 0.457 e. The van der Waals surface area contributed by atoms with E-state index in [1.54, 1.807) is 0 Å². The highest BCUT2D eigenvalue weighted by atomic mass is 16.5. The first-order valence-corrected chi connectivity index (χ1v) is 7.12. The molecule has 0 aliphatic heterocycles. The van der Waals surface area contributed by atoms with Gasteiger partial charge in [-0.15, -0.1) is 0 Å². The van der Waals surface area contributed by atoms with Gasteiger partial charge in [0.05, 0.1) is 0 Å². The third-order valence-corrected chi connectivity index (χ3v) is 3.39. The van der Waals surface area contributed by atoms with Crippen LogP contribution >= 0.6 is 0 Å². The molecule has 2 heteroatoms. The first-order chi connectivity index (χ1) is 9.60. The molecule has 2 rings (SSSR count). The van der Waals surface area contributed by atoms with E-state index >= 15 is 0 Å². The molecule has 2 aromatic rings. The van der Waals surface area contributed by atoms with Crippen molar-refractivity contribution in [2.45, 2.75) is 33.2 Å². The van der Waals surface area contributed by atoms with Crippen LogP contribution in [0.3, 0.4) is 0 Å². The highest BCUT2D eigenvalue weighted by molar-refractivity contribution is 5.41. The maximum Gasteiger partial charge on any atom is 0.130 e. The third-order valence-electron chi connectivity index (χ3n) is 3.39. The SMILES string of the molecule is CNCc1cccc(Oc2cc(C(C)C)ccc2C)c1. The molecule has 0 saturated heterocycles. The Hall–Kier alpha value is -1.80. The Morgan fingerprint density at radius 3 is 2.60 bits per heavy atom. The van der Waals surface area contributed by atoms with Crippen LogP contribution in [0.2, 0.25) is 0 Å². The lowest BCUT2D eigenvalue weighted by atomic mass is 10.0. The second kappa shape index (κ2) is 6.58. The van der Waals surface area contributed by atoms with Gasteiger partial charge < -0.3 is 10.1 Å². The molecule has 0 aliphatic carbocycles. The molecule has 0 amide bonds. The van der Waals surface area contributed by atoms with E-state index in [0.29, 0.717) is 5.92 Å². The van der Waals surface area contributed by atoms with Gasteiger partial charge in [0, 0.05) is 6.54 Å². The van der Waals surface area contributed by atoms with Crippen molar-refractivity contribution >= 4 is 0 Å². The molecule has 0 radical (unpaired) electrons. The molecule has 0 unspecified atom stereocenters. The monoisotopic (exact) mass is 269 g/mol. The van der Waals surface area contributed by atoms with Crippen LogP contribution in [0.25, 0.3) is 0 Å². The molecule has 0 heterocycles. The van der Waals surface area contributed by atoms with Crippen molar-refractivity contribution < 1.29 is 4.74 Å². The van der Waals surface area contributed by atoms with Crippen LogP contribution in [0.5, 0.6) is 11.5 Å². The van der Waals surface area contributed by atoms with E-state index in [1.807, 2.05) is 19.2 Å². The van der Waals surface area contributed by atoms with E-state index in [4.69, 9.17) is 4.74 Å². The fourth-order valence-corrected chi connectivity index (χ4v) is 2.14. The molecule has 2 nitrogen and oxygen atoms in total. The number of nitrogens with one attached hydrogen (secondary N) is 1. The van der Waals surface area contributed by atoms with Gasteiger partial charge in [-0.05, 0) is 54.8 Å². The predicted octanol–water partition coefficient (Wildman–Crippen LogP) is 4.63. The Labute approximate surface area is 121 Å². The van der Waals surface area contributed by atoms with Gasteiger partial charge in [0.25, 0.3) is 0 Å². The number of benzene rings is 2. The van der Waals surface area contributed by atoms with Crippen molar-refractivity contribution in [3.8, 4) is 11.5 Å². The lowest BCUT2D eigenvalue weighted by molar-refractivity contribution is 0.477. The summed E-state index contributed by atoms with van der Waals surface area (Å²) >= 11 is 0. The molecular weight excluding hydrogens is 246 g/mol. The minimum Gasteiger partial charge on any atom is -0.457 e. The van der Waals surface area contributed by atoms with Crippen LogP contribution < -0.4 is 10.1 Å². The zero-order valence-electron chi connectivity index (χ0n) is 12.7. The molecule has 0 saturated carbocycles. The van der Waals surface area contributed by atoms with Crippen molar-refractivity contribution in [1.29, 1.82) is 0 Å². The second-order valence-electron chi connectivity index (χ2n) is 5.46. The molecule has 0 fully saturated rings. The number of hydrogen-bond donors (Lipinski definition) is 1. The van der Waals surface area contributed by atoms with Crippen molar-refractivity contribution in [2.75, 3.05) is 7.05 Å². The zero-order chi connectivity index (χ0) is 14.5. The smallest absolute Gasteiger partial charge is 0.130 e. The molecule has 0 aromatic heterocycles. The number of aryl methyl sites for hydroxylation is 1. The Balaban J connectivity index is 2.25. The van der Waals surface area contributed by atoms with Gasteiger partial charge in [-0.25, -0.2) is 0 Å². The number of rotatable bonds is 5. The van der Waals surface area contributed by atoms with Crippen molar-refractivity contribution in [1.82, 2.24) is 5.32 Å². The second-order valence-corrected chi connectivity index (χ2v) is 5.46. The highest BCUT2D eigenvalue weighted by Gasteiger charge is 2.06. The van der Waals surface area contributed by atoms with E-state index in [1.165, 1.54) is 11.1 Å². The average molecular weight is 269 g/mol. The first kappa shape index (κ1) is 14.6. The van der Waals surface area contributed by atoms with Gasteiger partial charge in [0.15, 0.2) is 0 Å². The summed E-state index contributed by atoms with van der Waals surface area (Å²) in [4.78, 5) is 0. The summed E-state index contributed by atoms with van der Waals surface area (Å²) in [5, 5.41) is 3.15. The number of ether oxygens (including phenoxy) is 1. The Bertz CT molecular complexity index is 575. The van der Waals surface area contributed by atoms with E-state index in [2.05, 4.69) is 56.4 Å². The molecule has 106 valence electrons. The Morgan fingerprint density at radius 1 is 1.10 bits per heavy atom. The summed E-state index contributed by atoms with van der Waals surface area (Å²) in [5.41, 5.74) is 3.69. The van der Waals surface area contributed by atoms with Crippen LogP contribution in [0, 0.1) is 6.92 Å². The molecule has 0 spiro atoms. The van der Waals surface area contributed by atoms with E-state index in [-0.39, 0.29) is 0 Å². The van der Waals surface area contributed by atoms with Crippen LogP contribution in [0.4, 0.5) is 0 Å². The first-order valence-electron chi connectivity index (χ1n) is 7.12. The standard InChI is InChI=1S/C18H23NO/c1-13(2)16-9-8-14(3)18(11-16)20-17-7-5-6-15(10-17)12-19-4/h5-11,13,19H,12H2,1-4H3. The van der Waals surface area contributed by atoms with Gasteiger partial charge in [-0.3, -0.25) is 0 Å². The summed E-state index contributed by atoms with van der Waals surface area (Å²) in [7, 11) is 1.95. The van der Waals surface area contributed by atoms with Gasteiger partial charge >= 0.3 is 0 Å². The van der Waals surface area contributed by atoms with Crippen LogP contribution in [-0.4, -0.2) is 7.05 Å². The number of hydrogen-bond acceptors (Lipinski definition) is 2. The van der Waals surface area contributed by atoms with Crippen LogP contribution in [0.15, 0.2) is 42.5 Å². The normalized spacial score (nSPS) is 10.8. The summed E-state index contributed by atoms with van der Waals surface area (Å²) in [5.74, 6) is 2.34. The summed E-state index contributed by atoms with van der Waals surface area (Å²) in [6.45, 7) is 7.32. The van der Waals surface area contributed by atoms with Gasteiger partial charge in [0.1, 0.15) is 11.5 Å². The van der Waals surface area contributed by atoms with Crippen molar-refractivity contribution in [3.63, 3.8) is 0 Å². The fraction of sp³-hybridized carbons (Fsp3) is 0.333. The molecule has 1 N–H and O–H groups in total. The summed E-state index contributed by atoms with van der Waals surface area (Å²) in [6.07, 6.45) is 0. The van der Waals surface area contributed by atoms with Crippen LogP contribution in [0.1, 0.15) is 36.5 Å². The lowest BCUT2D eigenvalue weighted by Crippen LogP contribution is -2.04. The van der Waals surface area contributed by atoms with Gasteiger partial charge in [0.2, 0.25) is 0 Å². The zero-order valence-corrected chi connectivity index (χ0v) is 12.7. The van der Waals surface area contributed by atoms with E-state index < -0.39 is 0 Å². The maximum atomic E-state index is 6.06. The molecule has 2 aromatic carbocycles. The average Bonchev–Trinajstić information content (AvgIpc) is 2.42. The fourth-order valence-electron chi connectivity index (χ4n) is 2.14. The van der Waals surface area contributed by atoms with Gasteiger partial charge in [-0.1, -0.05) is 38.1 Å². The molecule has 0 bridgehead atoms. The third kappa shape index (κ3) is 3.61. The van der Waals surface area contributed by atoms with Gasteiger partial charge in [-0.2, -0.15) is 0 Å². The summed E-state index contributed by atoms with van der Waals surface area (Å²) in [6, 6.07) is 14.7. The van der Waals surface area contributed by atoms with Crippen molar-refractivity contribution in [2.24, 2.45) is 0 Å². The van der Waals surface area contributed by atoms with E-state index in [0.717, 1.165) is 23.6 Å². The highest BCUT2D eigenvalue weighted by Crippen LogP contribution is 2.29. The Morgan fingerprint density at radius 2 is 1.90 bits per heavy atom. The minimum atomic E-state index is 0.508. The Kier molecular flexibility index (Phi) is 4.80. The van der Waals surface area contributed by atoms with Crippen molar-refractivity contribution in [3.05, 3.63) is 59.2 Å². The van der Waals surface area contributed by atoms with Crippen LogP contribution in [-0.2, 0) is 6.54 Å². The molecule has 0 atom stereocenters. The molecule has 20 heavy (non-hydrogen) atoms. The maximum absolute atomic E-state index is 6.06. The quantitative estimate of drug-likeness (QED) is 0.854. The predicted molar refractivity (Wildman–Crippen MR) is 84.5 cm³/mol. The van der Waals surface area contributed by atoms with E-state index in [9.17, 15) is 0 Å². The molecular formula is C18H23NO. The minimum absolute atomic E-state index is 0.508.